The van der Waals surface area contributed by atoms with Crippen LogP contribution in [0.1, 0.15) is 13.8 Å². The number of methoxy groups -OCH3 is 1. The highest BCUT2D eigenvalue weighted by atomic mass is 16.5. The van der Waals surface area contributed by atoms with Crippen molar-refractivity contribution < 1.29 is 9.53 Å². The summed E-state index contributed by atoms with van der Waals surface area (Å²) >= 11 is 0. The van der Waals surface area contributed by atoms with Crippen LogP contribution in [-0.2, 0) is 9.53 Å². The van der Waals surface area contributed by atoms with E-state index >= 15 is 0 Å². The lowest BCUT2D eigenvalue weighted by Crippen LogP contribution is -2.35. The molecule has 1 heterocycles. The second-order valence-electron chi connectivity index (χ2n) is 3.25. The molecule has 11 heavy (non-hydrogen) atoms. The number of rotatable bonds is 1. The lowest BCUT2D eigenvalue weighted by Gasteiger charge is -2.14. The Labute approximate surface area is 67.1 Å². The summed E-state index contributed by atoms with van der Waals surface area (Å²) in [7, 11) is 1.43. The van der Waals surface area contributed by atoms with E-state index < -0.39 is 0 Å². The Balaban J connectivity index is 2.54. The van der Waals surface area contributed by atoms with E-state index in [0.29, 0.717) is 11.8 Å². The molecule has 1 aliphatic heterocycles. The van der Waals surface area contributed by atoms with Gasteiger partial charge in [-0.15, -0.1) is 0 Å². The Bertz CT molecular complexity index is 158. The van der Waals surface area contributed by atoms with Crippen LogP contribution < -0.4 is 5.32 Å². The molecule has 1 N–H and O–H groups in total. The third kappa shape index (κ3) is 1.53. The fraction of sp³-hybridized carbons (Fsp3) is 0.875. The van der Waals surface area contributed by atoms with Crippen LogP contribution in [0.15, 0.2) is 0 Å². The van der Waals surface area contributed by atoms with Gasteiger partial charge in [0.1, 0.15) is 6.04 Å². The molecule has 0 unspecified atom stereocenters. The van der Waals surface area contributed by atoms with Crippen LogP contribution in [0.4, 0.5) is 0 Å². The number of carbonyl (C=O) groups is 1. The Morgan fingerprint density at radius 1 is 1.55 bits per heavy atom. The highest BCUT2D eigenvalue weighted by Gasteiger charge is 2.34. The van der Waals surface area contributed by atoms with Crippen molar-refractivity contribution in [1.29, 1.82) is 0 Å². The van der Waals surface area contributed by atoms with Crippen LogP contribution in [-0.4, -0.2) is 25.7 Å². The molecule has 64 valence electrons. The molecule has 0 aromatic heterocycles. The fourth-order valence-electron chi connectivity index (χ4n) is 1.44. The lowest BCUT2D eigenvalue weighted by molar-refractivity contribution is -0.143. The summed E-state index contributed by atoms with van der Waals surface area (Å²) in [6.45, 7) is 5.13. The Hall–Kier alpha value is -0.570. The normalized spacial score (nSPS) is 37.2. The number of carbonyl (C=O) groups excluding carboxylic acids is 1. The van der Waals surface area contributed by atoms with Gasteiger partial charge in [0.05, 0.1) is 7.11 Å². The second kappa shape index (κ2) is 3.22. The molecule has 0 aromatic carbocycles. The van der Waals surface area contributed by atoms with Crippen LogP contribution in [0.3, 0.4) is 0 Å². The Morgan fingerprint density at radius 3 is 2.55 bits per heavy atom. The first-order chi connectivity index (χ1) is 5.16. The van der Waals surface area contributed by atoms with Gasteiger partial charge in [-0.1, -0.05) is 13.8 Å². The van der Waals surface area contributed by atoms with Gasteiger partial charge in [0.2, 0.25) is 0 Å². The van der Waals surface area contributed by atoms with E-state index in [4.69, 9.17) is 0 Å². The van der Waals surface area contributed by atoms with Gasteiger partial charge in [0, 0.05) is 0 Å². The number of esters is 1. The van der Waals surface area contributed by atoms with Crippen molar-refractivity contribution in [3.8, 4) is 0 Å². The van der Waals surface area contributed by atoms with Gasteiger partial charge in [-0.2, -0.15) is 0 Å². The first kappa shape index (κ1) is 8.53. The minimum Gasteiger partial charge on any atom is -0.468 e. The molecule has 0 aliphatic carbocycles. The van der Waals surface area contributed by atoms with Gasteiger partial charge in [-0.05, 0) is 18.4 Å². The zero-order valence-corrected chi connectivity index (χ0v) is 7.26. The molecular formula is C8H15NO2. The third-order valence-corrected chi connectivity index (χ3v) is 2.54. The highest BCUT2D eigenvalue weighted by molar-refractivity contribution is 5.76. The predicted octanol–water partition coefficient (Wildman–Crippen LogP) is 0.403. The van der Waals surface area contributed by atoms with Gasteiger partial charge in [0.25, 0.3) is 0 Å². The van der Waals surface area contributed by atoms with Crippen molar-refractivity contribution in [3.05, 3.63) is 0 Å². The van der Waals surface area contributed by atoms with E-state index in [1.54, 1.807) is 0 Å². The van der Waals surface area contributed by atoms with Crippen molar-refractivity contribution in [2.75, 3.05) is 13.7 Å². The molecule has 0 spiro atoms. The molecule has 3 atom stereocenters. The van der Waals surface area contributed by atoms with Crippen molar-refractivity contribution >= 4 is 5.97 Å². The molecule has 1 fully saturated rings. The smallest absolute Gasteiger partial charge is 0.323 e. The SMILES string of the molecule is COC(=O)[C@H]1NC[C@@H](C)[C@H]1C. The second-order valence-corrected chi connectivity index (χ2v) is 3.25. The summed E-state index contributed by atoms with van der Waals surface area (Å²) < 4.78 is 4.65. The number of ether oxygens (including phenoxy) is 1. The number of nitrogens with one attached hydrogen (secondary N) is 1. The summed E-state index contributed by atoms with van der Waals surface area (Å²) in [5.74, 6) is 0.823. The van der Waals surface area contributed by atoms with Gasteiger partial charge >= 0.3 is 5.97 Å². The van der Waals surface area contributed by atoms with Gasteiger partial charge in [-0.3, -0.25) is 4.79 Å². The van der Waals surface area contributed by atoms with E-state index in [-0.39, 0.29) is 12.0 Å². The summed E-state index contributed by atoms with van der Waals surface area (Å²) in [5, 5.41) is 3.13. The quantitative estimate of drug-likeness (QED) is 0.560. The van der Waals surface area contributed by atoms with Crippen LogP contribution in [0.25, 0.3) is 0 Å². The zero-order chi connectivity index (χ0) is 8.43. The van der Waals surface area contributed by atoms with Crippen LogP contribution in [0, 0.1) is 11.8 Å². The molecule has 0 saturated carbocycles. The molecule has 1 saturated heterocycles. The van der Waals surface area contributed by atoms with Crippen LogP contribution in [0.2, 0.25) is 0 Å². The minimum atomic E-state index is -0.137. The van der Waals surface area contributed by atoms with E-state index in [1.807, 2.05) is 0 Å². The number of hydrogen-bond donors (Lipinski definition) is 1. The average Bonchev–Trinajstić information content (AvgIpc) is 2.32. The topological polar surface area (TPSA) is 38.3 Å². The van der Waals surface area contributed by atoms with E-state index in [9.17, 15) is 4.79 Å². The third-order valence-electron chi connectivity index (χ3n) is 2.54. The molecule has 0 amide bonds. The van der Waals surface area contributed by atoms with Crippen molar-refractivity contribution in [2.24, 2.45) is 11.8 Å². The van der Waals surface area contributed by atoms with Gasteiger partial charge in [-0.25, -0.2) is 0 Å². The van der Waals surface area contributed by atoms with Crippen molar-refractivity contribution in [3.63, 3.8) is 0 Å². The standard InChI is InChI=1S/C8H15NO2/c1-5-4-9-7(6(5)2)8(10)11-3/h5-7,9H,4H2,1-3H3/t5-,6-,7+/m1/s1. The van der Waals surface area contributed by atoms with E-state index in [0.717, 1.165) is 6.54 Å². The summed E-state index contributed by atoms with van der Waals surface area (Å²) in [6, 6.07) is -0.0880. The summed E-state index contributed by atoms with van der Waals surface area (Å²) in [6.07, 6.45) is 0. The molecular weight excluding hydrogens is 142 g/mol. The van der Waals surface area contributed by atoms with Crippen molar-refractivity contribution in [1.82, 2.24) is 5.32 Å². The Kier molecular flexibility index (Phi) is 2.49. The van der Waals surface area contributed by atoms with Crippen molar-refractivity contribution in [2.45, 2.75) is 19.9 Å². The molecule has 1 aliphatic rings. The minimum absolute atomic E-state index is 0.0880. The van der Waals surface area contributed by atoms with Gasteiger partial charge < -0.3 is 10.1 Å². The first-order valence-electron chi connectivity index (χ1n) is 3.98. The molecule has 0 bridgehead atoms. The maximum atomic E-state index is 11.1. The highest BCUT2D eigenvalue weighted by Crippen LogP contribution is 2.21. The molecule has 1 rings (SSSR count). The first-order valence-corrected chi connectivity index (χ1v) is 3.98. The number of hydrogen-bond acceptors (Lipinski definition) is 3. The van der Waals surface area contributed by atoms with E-state index in [1.165, 1.54) is 7.11 Å². The predicted molar refractivity (Wildman–Crippen MR) is 42.1 cm³/mol. The maximum absolute atomic E-state index is 11.1. The van der Waals surface area contributed by atoms with Crippen LogP contribution >= 0.6 is 0 Å². The largest absolute Gasteiger partial charge is 0.468 e. The maximum Gasteiger partial charge on any atom is 0.323 e. The monoisotopic (exact) mass is 157 g/mol. The molecule has 3 nitrogen and oxygen atoms in total. The molecule has 0 aromatic rings. The Morgan fingerprint density at radius 2 is 2.18 bits per heavy atom. The van der Waals surface area contributed by atoms with Gasteiger partial charge in [0.15, 0.2) is 0 Å². The lowest BCUT2D eigenvalue weighted by atomic mass is 9.94. The van der Waals surface area contributed by atoms with E-state index in [2.05, 4.69) is 23.9 Å². The fourth-order valence-corrected chi connectivity index (χ4v) is 1.44. The summed E-state index contributed by atoms with van der Waals surface area (Å²) in [5.41, 5.74) is 0. The molecule has 0 radical (unpaired) electrons. The average molecular weight is 157 g/mol. The zero-order valence-electron chi connectivity index (χ0n) is 7.26. The summed E-state index contributed by atoms with van der Waals surface area (Å²) in [4.78, 5) is 11.1. The molecule has 3 heteroatoms. The van der Waals surface area contributed by atoms with Crippen LogP contribution in [0.5, 0.6) is 0 Å².